The summed E-state index contributed by atoms with van der Waals surface area (Å²) in [5.41, 5.74) is 5.69. The molecule has 20 heavy (non-hydrogen) atoms. The van der Waals surface area contributed by atoms with Gasteiger partial charge in [-0.2, -0.15) is 0 Å². The molecule has 114 valence electrons. The van der Waals surface area contributed by atoms with Crippen LogP contribution in [0.2, 0.25) is 0 Å². The highest BCUT2D eigenvalue weighted by Gasteiger charge is 2.32. The first kappa shape index (κ1) is 16.4. The highest BCUT2D eigenvalue weighted by atomic mass is 16.2. The van der Waals surface area contributed by atoms with Gasteiger partial charge in [-0.25, -0.2) is 0 Å². The van der Waals surface area contributed by atoms with E-state index in [1.807, 2.05) is 6.92 Å². The highest BCUT2D eigenvalue weighted by Crippen LogP contribution is 2.17. The lowest BCUT2D eigenvalue weighted by molar-refractivity contribution is -0.137. The largest absolute Gasteiger partial charge is 0.355 e. The van der Waals surface area contributed by atoms with Crippen LogP contribution in [0.4, 0.5) is 0 Å². The van der Waals surface area contributed by atoms with Gasteiger partial charge in [0.25, 0.3) is 0 Å². The second kappa shape index (κ2) is 7.84. The van der Waals surface area contributed by atoms with E-state index in [2.05, 4.69) is 10.6 Å². The number of amides is 3. The first-order valence-corrected chi connectivity index (χ1v) is 7.05. The van der Waals surface area contributed by atoms with Crippen molar-refractivity contribution in [3.63, 3.8) is 0 Å². The number of hydrogen-bond acceptors (Lipinski definition) is 4. The Morgan fingerprint density at radius 3 is 2.65 bits per heavy atom. The number of rotatable bonds is 6. The van der Waals surface area contributed by atoms with Crippen LogP contribution < -0.4 is 16.4 Å². The third-order valence-corrected chi connectivity index (χ3v) is 3.34. The first-order chi connectivity index (χ1) is 9.47. The molecular weight excluding hydrogens is 260 g/mol. The smallest absolute Gasteiger partial charge is 0.242 e. The standard InChI is InChI=1S/C13H24N4O3/c1-3-6-15-12(19)10(14)8-16-13(20)11-5-4-7-17(11)9(2)18/h10-11H,3-8,14H2,1-2H3,(H,15,19)(H,16,20). The molecule has 1 heterocycles. The zero-order valence-electron chi connectivity index (χ0n) is 12.1. The topological polar surface area (TPSA) is 105 Å². The molecule has 1 saturated heterocycles. The van der Waals surface area contributed by atoms with Crippen molar-refractivity contribution in [3.05, 3.63) is 0 Å². The van der Waals surface area contributed by atoms with Gasteiger partial charge in [-0.05, 0) is 19.3 Å². The summed E-state index contributed by atoms with van der Waals surface area (Å²) in [6.07, 6.45) is 2.31. The molecule has 7 nitrogen and oxygen atoms in total. The van der Waals surface area contributed by atoms with E-state index in [-0.39, 0.29) is 24.3 Å². The highest BCUT2D eigenvalue weighted by molar-refractivity contribution is 5.88. The monoisotopic (exact) mass is 284 g/mol. The normalized spacial score (nSPS) is 19.6. The molecule has 1 aliphatic heterocycles. The third kappa shape index (κ3) is 4.48. The minimum Gasteiger partial charge on any atom is -0.355 e. The predicted molar refractivity (Wildman–Crippen MR) is 74.7 cm³/mol. The van der Waals surface area contributed by atoms with Gasteiger partial charge in [0.05, 0.1) is 0 Å². The lowest BCUT2D eigenvalue weighted by Gasteiger charge is -2.23. The van der Waals surface area contributed by atoms with E-state index in [9.17, 15) is 14.4 Å². The molecule has 0 aromatic heterocycles. The Bertz CT molecular complexity index is 373. The van der Waals surface area contributed by atoms with Crippen LogP contribution in [0.5, 0.6) is 0 Å². The van der Waals surface area contributed by atoms with Gasteiger partial charge in [0.1, 0.15) is 12.1 Å². The van der Waals surface area contributed by atoms with Gasteiger partial charge in [0.15, 0.2) is 0 Å². The Labute approximate surface area is 119 Å². The van der Waals surface area contributed by atoms with Gasteiger partial charge < -0.3 is 21.3 Å². The van der Waals surface area contributed by atoms with E-state index in [0.717, 1.165) is 12.8 Å². The maximum Gasteiger partial charge on any atom is 0.242 e. The second-order valence-electron chi connectivity index (χ2n) is 5.01. The van der Waals surface area contributed by atoms with Crippen LogP contribution in [-0.2, 0) is 14.4 Å². The molecule has 1 rings (SSSR count). The lowest BCUT2D eigenvalue weighted by Crippen LogP contribution is -2.52. The molecule has 2 unspecified atom stereocenters. The fourth-order valence-corrected chi connectivity index (χ4v) is 2.22. The number of carbonyl (C=O) groups is 3. The summed E-state index contributed by atoms with van der Waals surface area (Å²) in [5, 5.41) is 5.32. The van der Waals surface area contributed by atoms with Crippen LogP contribution >= 0.6 is 0 Å². The number of nitrogens with zero attached hydrogens (tertiary/aromatic N) is 1. The number of likely N-dealkylation sites (tertiary alicyclic amines) is 1. The Morgan fingerprint density at radius 2 is 2.05 bits per heavy atom. The van der Waals surface area contributed by atoms with E-state index in [0.29, 0.717) is 19.5 Å². The van der Waals surface area contributed by atoms with Crippen molar-refractivity contribution in [2.75, 3.05) is 19.6 Å². The summed E-state index contributed by atoms with van der Waals surface area (Å²) in [5.74, 6) is -0.619. The Balaban J connectivity index is 2.39. The summed E-state index contributed by atoms with van der Waals surface area (Å²) in [6.45, 7) is 4.66. The molecule has 4 N–H and O–H groups in total. The van der Waals surface area contributed by atoms with E-state index in [1.165, 1.54) is 6.92 Å². The maximum absolute atomic E-state index is 12.0. The average molecular weight is 284 g/mol. The summed E-state index contributed by atoms with van der Waals surface area (Å²) in [7, 11) is 0. The van der Waals surface area contributed by atoms with Crippen LogP contribution in [0.15, 0.2) is 0 Å². The first-order valence-electron chi connectivity index (χ1n) is 7.05. The molecule has 2 atom stereocenters. The quantitative estimate of drug-likeness (QED) is 0.580. The summed E-state index contributed by atoms with van der Waals surface area (Å²) in [4.78, 5) is 36.5. The predicted octanol–water partition coefficient (Wildman–Crippen LogP) is -1.03. The minimum atomic E-state index is -0.766. The van der Waals surface area contributed by atoms with E-state index < -0.39 is 12.1 Å². The van der Waals surface area contributed by atoms with Crippen molar-refractivity contribution in [2.45, 2.75) is 45.2 Å². The van der Waals surface area contributed by atoms with E-state index in [1.54, 1.807) is 4.90 Å². The van der Waals surface area contributed by atoms with Gasteiger partial charge in [-0.1, -0.05) is 6.92 Å². The zero-order valence-corrected chi connectivity index (χ0v) is 12.1. The molecule has 0 bridgehead atoms. The molecule has 0 spiro atoms. The van der Waals surface area contributed by atoms with Gasteiger partial charge in [-0.15, -0.1) is 0 Å². The number of nitrogens with one attached hydrogen (secondary N) is 2. The zero-order chi connectivity index (χ0) is 15.1. The van der Waals surface area contributed by atoms with Gasteiger partial charge in [0, 0.05) is 26.6 Å². The average Bonchev–Trinajstić information content (AvgIpc) is 2.91. The summed E-state index contributed by atoms with van der Waals surface area (Å²) >= 11 is 0. The molecule has 0 aliphatic carbocycles. The van der Waals surface area contributed by atoms with Crippen LogP contribution in [0.1, 0.15) is 33.1 Å². The molecule has 0 aromatic carbocycles. The van der Waals surface area contributed by atoms with Gasteiger partial charge >= 0.3 is 0 Å². The molecular formula is C13H24N4O3. The van der Waals surface area contributed by atoms with Crippen molar-refractivity contribution in [1.82, 2.24) is 15.5 Å². The minimum absolute atomic E-state index is 0.0800. The molecule has 7 heteroatoms. The van der Waals surface area contributed by atoms with Crippen molar-refractivity contribution >= 4 is 17.7 Å². The lowest BCUT2D eigenvalue weighted by atomic mass is 10.2. The summed E-state index contributed by atoms with van der Waals surface area (Å²) < 4.78 is 0. The Hall–Kier alpha value is -1.63. The van der Waals surface area contributed by atoms with Gasteiger partial charge in [-0.3, -0.25) is 14.4 Å². The van der Waals surface area contributed by atoms with Crippen LogP contribution in [-0.4, -0.2) is 54.3 Å². The molecule has 0 saturated carbocycles. The third-order valence-electron chi connectivity index (χ3n) is 3.34. The second-order valence-corrected chi connectivity index (χ2v) is 5.01. The summed E-state index contributed by atoms with van der Waals surface area (Å²) in [6, 6.07) is -1.20. The van der Waals surface area contributed by atoms with Crippen molar-refractivity contribution < 1.29 is 14.4 Å². The molecule has 0 aromatic rings. The fourth-order valence-electron chi connectivity index (χ4n) is 2.22. The van der Waals surface area contributed by atoms with Crippen LogP contribution in [0, 0.1) is 0 Å². The van der Waals surface area contributed by atoms with Crippen molar-refractivity contribution in [2.24, 2.45) is 5.73 Å². The van der Waals surface area contributed by atoms with Crippen molar-refractivity contribution in [3.8, 4) is 0 Å². The Kier molecular flexibility index (Phi) is 6.44. The molecule has 1 fully saturated rings. The van der Waals surface area contributed by atoms with E-state index in [4.69, 9.17) is 5.73 Å². The molecule has 0 radical (unpaired) electrons. The van der Waals surface area contributed by atoms with Crippen LogP contribution in [0.25, 0.3) is 0 Å². The van der Waals surface area contributed by atoms with Gasteiger partial charge in [0.2, 0.25) is 17.7 Å². The SMILES string of the molecule is CCCNC(=O)C(N)CNC(=O)C1CCCN1C(C)=O. The van der Waals surface area contributed by atoms with Crippen molar-refractivity contribution in [1.29, 1.82) is 0 Å². The maximum atomic E-state index is 12.0. The molecule has 3 amide bonds. The fraction of sp³-hybridized carbons (Fsp3) is 0.769. The Morgan fingerprint density at radius 1 is 1.35 bits per heavy atom. The number of carbonyl (C=O) groups excluding carboxylic acids is 3. The van der Waals surface area contributed by atoms with Crippen LogP contribution in [0.3, 0.4) is 0 Å². The molecule has 1 aliphatic rings. The van der Waals surface area contributed by atoms with E-state index >= 15 is 0 Å². The number of hydrogen-bond donors (Lipinski definition) is 3. The number of nitrogens with two attached hydrogens (primary N) is 1.